The van der Waals surface area contributed by atoms with Crippen LogP contribution in [0.15, 0.2) is 42.7 Å². The van der Waals surface area contributed by atoms with E-state index in [4.69, 9.17) is 16.3 Å². The first-order chi connectivity index (χ1) is 10.8. The Labute approximate surface area is 130 Å². The first-order valence-corrected chi connectivity index (χ1v) is 7.04. The molecule has 1 aromatic carbocycles. The minimum absolute atomic E-state index is 0.250. The highest BCUT2D eigenvalue weighted by Gasteiger charge is 2.11. The van der Waals surface area contributed by atoms with Gasteiger partial charge in [0.15, 0.2) is 5.15 Å². The SMILES string of the molecule is O=COCc1ccc2c(c1)cc1c(Cl)nc3ccncc3n12. The van der Waals surface area contributed by atoms with E-state index in [0.29, 0.717) is 11.6 Å². The maximum Gasteiger partial charge on any atom is 0.293 e. The fourth-order valence-electron chi connectivity index (χ4n) is 2.70. The zero-order valence-electron chi connectivity index (χ0n) is 11.4. The van der Waals surface area contributed by atoms with Gasteiger partial charge in [-0.05, 0) is 29.8 Å². The number of carbonyl (C=O) groups is 1. The van der Waals surface area contributed by atoms with Crippen LogP contribution in [-0.2, 0) is 16.1 Å². The third-order valence-electron chi connectivity index (χ3n) is 3.63. The van der Waals surface area contributed by atoms with Crippen molar-refractivity contribution in [3.8, 4) is 0 Å². The van der Waals surface area contributed by atoms with Crippen molar-refractivity contribution in [2.45, 2.75) is 6.61 Å². The summed E-state index contributed by atoms with van der Waals surface area (Å²) in [5, 5.41) is 1.45. The van der Waals surface area contributed by atoms with E-state index in [9.17, 15) is 4.79 Å². The summed E-state index contributed by atoms with van der Waals surface area (Å²) < 4.78 is 6.84. The van der Waals surface area contributed by atoms with Gasteiger partial charge in [-0.25, -0.2) is 4.98 Å². The van der Waals surface area contributed by atoms with Crippen LogP contribution in [0.25, 0.3) is 27.5 Å². The quantitative estimate of drug-likeness (QED) is 0.544. The molecule has 0 aliphatic carbocycles. The van der Waals surface area contributed by atoms with Crippen LogP contribution in [0.2, 0.25) is 5.15 Å². The number of rotatable bonds is 3. The lowest BCUT2D eigenvalue weighted by Gasteiger charge is -2.05. The summed E-state index contributed by atoms with van der Waals surface area (Å²) in [6, 6.07) is 9.69. The number of hydrogen-bond acceptors (Lipinski definition) is 4. The van der Waals surface area contributed by atoms with Gasteiger partial charge in [-0.15, -0.1) is 0 Å². The fraction of sp³-hybridized carbons (Fsp3) is 0.0625. The average molecular weight is 312 g/mol. The molecule has 0 saturated heterocycles. The van der Waals surface area contributed by atoms with Gasteiger partial charge in [0.05, 0.1) is 28.3 Å². The molecule has 0 unspecified atom stereocenters. The molecule has 108 valence electrons. The van der Waals surface area contributed by atoms with Crippen LogP contribution in [0.4, 0.5) is 0 Å². The van der Waals surface area contributed by atoms with Gasteiger partial charge < -0.3 is 9.14 Å². The van der Waals surface area contributed by atoms with Crippen molar-refractivity contribution < 1.29 is 9.53 Å². The second-order valence-corrected chi connectivity index (χ2v) is 5.29. The molecule has 0 aliphatic heterocycles. The lowest BCUT2D eigenvalue weighted by molar-refractivity contribution is -0.129. The highest BCUT2D eigenvalue weighted by molar-refractivity contribution is 6.33. The van der Waals surface area contributed by atoms with Gasteiger partial charge >= 0.3 is 0 Å². The van der Waals surface area contributed by atoms with Crippen molar-refractivity contribution >= 4 is 45.5 Å². The first kappa shape index (κ1) is 13.0. The average Bonchev–Trinajstić information content (AvgIpc) is 2.92. The van der Waals surface area contributed by atoms with E-state index >= 15 is 0 Å². The summed E-state index contributed by atoms with van der Waals surface area (Å²) >= 11 is 6.31. The summed E-state index contributed by atoms with van der Waals surface area (Å²) in [5.41, 5.74) is 4.44. The van der Waals surface area contributed by atoms with Gasteiger partial charge in [-0.3, -0.25) is 9.78 Å². The summed E-state index contributed by atoms with van der Waals surface area (Å²) in [4.78, 5) is 18.9. The Hall–Kier alpha value is -2.66. The monoisotopic (exact) mass is 311 g/mol. The topological polar surface area (TPSA) is 56.5 Å². The Morgan fingerprint density at radius 3 is 2.95 bits per heavy atom. The number of hydrogen-bond donors (Lipinski definition) is 0. The number of halogens is 1. The number of aromatic nitrogens is 3. The zero-order valence-corrected chi connectivity index (χ0v) is 12.1. The molecule has 4 aromatic rings. The Morgan fingerprint density at radius 2 is 2.09 bits per heavy atom. The van der Waals surface area contributed by atoms with Crippen LogP contribution in [0.1, 0.15) is 5.56 Å². The second-order valence-electron chi connectivity index (χ2n) is 4.93. The van der Waals surface area contributed by atoms with E-state index in [-0.39, 0.29) is 6.61 Å². The van der Waals surface area contributed by atoms with Gasteiger partial charge in [0.2, 0.25) is 0 Å². The van der Waals surface area contributed by atoms with E-state index in [1.807, 2.05) is 34.7 Å². The first-order valence-electron chi connectivity index (χ1n) is 6.66. The van der Waals surface area contributed by atoms with E-state index in [2.05, 4.69) is 9.97 Å². The Bertz CT molecular complexity index is 1030. The summed E-state index contributed by atoms with van der Waals surface area (Å²) in [5.74, 6) is 0. The highest BCUT2D eigenvalue weighted by Crippen LogP contribution is 2.29. The molecule has 0 amide bonds. The minimum atomic E-state index is 0.250. The number of fused-ring (bicyclic) bond motifs is 5. The molecular formula is C16H10ClN3O2. The van der Waals surface area contributed by atoms with Crippen LogP contribution >= 0.6 is 11.6 Å². The van der Waals surface area contributed by atoms with Gasteiger partial charge in [0.25, 0.3) is 6.47 Å². The third-order valence-corrected chi connectivity index (χ3v) is 3.91. The third kappa shape index (κ3) is 1.90. The molecule has 0 spiro atoms. The van der Waals surface area contributed by atoms with E-state index < -0.39 is 0 Å². The number of pyridine rings is 1. The van der Waals surface area contributed by atoms with E-state index in [0.717, 1.165) is 33.0 Å². The number of ether oxygens (including phenoxy) is 1. The molecule has 22 heavy (non-hydrogen) atoms. The smallest absolute Gasteiger partial charge is 0.293 e. The second kappa shape index (κ2) is 4.96. The van der Waals surface area contributed by atoms with Crippen molar-refractivity contribution in [2.75, 3.05) is 0 Å². The minimum Gasteiger partial charge on any atom is -0.463 e. The molecule has 0 atom stereocenters. The number of benzene rings is 1. The largest absolute Gasteiger partial charge is 0.463 e. The molecule has 0 bridgehead atoms. The van der Waals surface area contributed by atoms with Gasteiger partial charge in [-0.1, -0.05) is 17.7 Å². The van der Waals surface area contributed by atoms with Gasteiger partial charge in [0.1, 0.15) is 6.61 Å². The summed E-state index contributed by atoms with van der Waals surface area (Å²) in [6.07, 6.45) is 3.46. The molecule has 3 aromatic heterocycles. The standard InChI is InChI=1S/C16H10ClN3O2/c17-16-14-6-11-5-10(8-22-9-21)1-2-13(11)20(14)15-7-18-4-3-12(15)19-16/h1-7,9H,8H2. The lowest BCUT2D eigenvalue weighted by atomic mass is 10.2. The predicted octanol–water partition coefficient (Wildman–Crippen LogP) is 3.36. The molecule has 0 aliphatic rings. The molecule has 0 N–H and O–H groups in total. The Kier molecular flexibility index (Phi) is 2.94. The lowest BCUT2D eigenvalue weighted by Crippen LogP contribution is -1.93. The maximum atomic E-state index is 10.3. The van der Waals surface area contributed by atoms with Crippen molar-refractivity contribution in [2.24, 2.45) is 0 Å². The van der Waals surface area contributed by atoms with E-state index in [1.54, 1.807) is 12.4 Å². The summed E-state index contributed by atoms with van der Waals surface area (Å²) in [6.45, 7) is 0.695. The van der Waals surface area contributed by atoms with Crippen molar-refractivity contribution in [3.63, 3.8) is 0 Å². The van der Waals surface area contributed by atoms with Gasteiger partial charge in [0, 0.05) is 11.6 Å². The van der Waals surface area contributed by atoms with Crippen LogP contribution in [0.5, 0.6) is 0 Å². The Morgan fingerprint density at radius 1 is 1.18 bits per heavy atom. The Balaban J connectivity index is 2.07. The van der Waals surface area contributed by atoms with Crippen molar-refractivity contribution in [1.29, 1.82) is 0 Å². The fourth-order valence-corrected chi connectivity index (χ4v) is 2.93. The maximum absolute atomic E-state index is 10.3. The van der Waals surface area contributed by atoms with Crippen LogP contribution in [0.3, 0.4) is 0 Å². The van der Waals surface area contributed by atoms with E-state index in [1.165, 1.54) is 0 Å². The molecule has 3 heterocycles. The van der Waals surface area contributed by atoms with Crippen LogP contribution < -0.4 is 0 Å². The highest BCUT2D eigenvalue weighted by atomic mass is 35.5. The van der Waals surface area contributed by atoms with Gasteiger partial charge in [-0.2, -0.15) is 0 Å². The van der Waals surface area contributed by atoms with Crippen molar-refractivity contribution in [3.05, 3.63) is 53.4 Å². The predicted molar refractivity (Wildman–Crippen MR) is 83.9 cm³/mol. The molecule has 5 nitrogen and oxygen atoms in total. The zero-order chi connectivity index (χ0) is 15.1. The molecular weight excluding hydrogens is 302 g/mol. The summed E-state index contributed by atoms with van der Waals surface area (Å²) in [7, 11) is 0. The number of carbonyl (C=O) groups excluding carboxylic acids is 1. The number of nitrogens with zero attached hydrogens (tertiary/aromatic N) is 3. The molecule has 0 saturated carbocycles. The normalized spacial score (nSPS) is 11.3. The van der Waals surface area contributed by atoms with Crippen molar-refractivity contribution in [1.82, 2.24) is 14.4 Å². The van der Waals surface area contributed by atoms with Crippen LogP contribution in [0, 0.1) is 0 Å². The molecule has 6 heteroatoms. The molecule has 4 rings (SSSR count). The molecule has 0 fully saturated rings. The molecule has 0 radical (unpaired) electrons. The van der Waals surface area contributed by atoms with Crippen LogP contribution in [-0.4, -0.2) is 20.8 Å².